The van der Waals surface area contributed by atoms with Gasteiger partial charge in [-0.2, -0.15) is 5.26 Å². The quantitative estimate of drug-likeness (QED) is 0.664. The Morgan fingerprint density at radius 1 is 1.39 bits per heavy atom. The summed E-state index contributed by atoms with van der Waals surface area (Å²) in [5.74, 6) is 0.219. The van der Waals surface area contributed by atoms with E-state index in [2.05, 4.69) is 6.07 Å². The van der Waals surface area contributed by atoms with Crippen LogP contribution in [-0.2, 0) is 4.74 Å². The molecule has 1 saturated heterocycles. The molecule has 1 aliphatic carbocycles. The van der Waals surface area contributed by atoms with Gasteiger partial charge < -0.3 is 9.64 Å². The SMILES string of the molecule is CC(C)(C)OC(=O)N1CCCC2(CC1)CC2C#N. The van der Waals surface area contributed by atoms with Crippen LogP contribution in [0.3, 0.4) is 0 Å². The maximum Gasteiger partial charge on any atom is 0.410 e. The maximum absolute atomic E-state index is 12.0. The van der Waals surface area contributed by atoms with Crippen LogP contribution in [0.5, 0.6) is 0 Å². The van der Waals surface area contributed by atoms with Crippen molar-refractivity contribution < 1.29 is 9.53 Å². The molecule has 2 atom stereocenters. The van der Waals surface area contributed by atoms with Gasteiger partial charge in [0.2, 0.25) is 0 Å². The molecule has 4 nitrogen and oxygen atoms in total. The molecule has 0 aromatic carbocycles. The predicted molar refractivity (Wildman–Crippen MR) is 67.8 cm³/mol. The zero-order valence-electron chi connectivity index (χ0n) is 11.5. The number of hydrogen-bond donors (Lipinski definition) is 0. The van der Waals surface area contributed by atoms with Crippen LogP contribution >= 0.6 is 0 Å². The molecule has 1 spiro atoms. The van der Waals surface area contributed by atoms with E-state index in [0.717, 1.165) is 38.8 Å². The number of carbonyl (C=O) groups excluding carboxylic acids is 1. The van der Waals surface area contributed by atoms with E-state index in [1.54, 1.807) is 4.90 Å². The fourth-order valence-corrected chi connectivity index (χ4v) is 2.81. The highest BCUT2D eigenvalue weighted by molar-refractivity contribution is 5.68. The third-order valence-electron chi connectivity index (χ3n) is 3.98. The Bertz CT molecular complexity index is 380. The molecule has 0 bridgehead atoms. The Balaban J connectivity index is 1.90. The van der Waals surface area contributed by atoms with Gasteiger partial charge >= 0.3 is 6.09 Å². The molecule has 18 heavy (non-hydrogen) atoms. The lowest BCUT2D eigenvalue weighted by Crippen LogP contribution is -2.37. The van der Waals surface area contributed by atoms with E-state index in [1.807, 2.05) is 20.8 Å². The molecule has 100 valence electrons. The topological polar surface area (TPSA) is 53.3 Å². The molecule has 2 fully saturated rings. The zero-order valence-corrected chi connectivity index (χ0v) is 11.5. The van der Waals surface area contributed by atoms with Crippen molar-refractivity contribution in [1.29, 1.82) is 5.26 Å². The summed E-state index contributed by atoms with van der Waals surface area (Å²) >= 11 is 0. The van der Waals surface area contributed by atoms with Crippen molar-refractivity contribution in [2.24, 2.45) is 11.3 Å². The van der Waals surface area contributed by atoms with Crippen molar-refractivity contribution in [2.75, 3.05) is 13.1 Å². The highest BCUT2D eigenvalue weighted by Crippen LogP contribution is 2.58. The van der Waals surface area contributed by atoms with Crippen molar-refractivity contribution in [3.63, 3.8) is 0 Å². The average molecular weight is 250 g/mol. The number of carbonyl (C=O) groups is 1. The minimum Gasteiger partial charge on any atom is -0.444 e. The fourth-order valence-electron chi connectivity index (χ4n) is 2.81. The average Bonchev–Trinajstić information content (AvgIpc) is 2.99. The molecule has 1 amide bonds. The first-order valence-electron chi connectivity index (χ1n) is 6.74. The van der Waals surface area contributed by atoms with Crippen LogP contribution in [0.1, 0.15) is 46.5 Å². The Kier molecular flexibility index (Phi) is 3.27. The molecule has 2 aliphatic rings. The molecule has 0 aromatic rings. The normalized spacial score (nSPS) is 31.7. The molecule has 0 N–H and O–H groups in total. The first-order chi connectivity index (χ1) is 8.36. The van der Waals surface area contributed by atoms with Crippen LogP contribution in [0.4, 0.5) is 4.79 Å². The largest absolute Gasteiger partial charge is 0.444 e. The number of amides is 1. The van der Waals surface area contributed by atoms with Gasteiger partial charge in [0.1, 0.15) is 5.60 Å². The molecule has 0 aromatic heterocycles. The lowest BCUT2D eigenvalue weighted by molar-refractivity contribution is 0.0254. The summed E-state index contributed by atoms with van der Waals surface area (Å²) in [6.07, 6.45) is 3.81. The Hall–Kier alpha value is -1.24. The Morgan fingerprint density at radius 3 is 2.67 bits per heavy atom. The van der Waals surface area contributed by atoms with E-state index >= 15 is 0 Å². The van der Waals surface area contributed by atoms with Crippen molar-refractivity contribution in [3.8, 4) is 6.07 Å². The first-order valence-corrected chi connectivity index (χ1v) is 6.74. The van der Waals surface area contributed by atoms with Crippen LogP contribution in [0, 0.1) is 22.7 Å². The lowest BCUT2D eigenvalue weighted by Gasteiger charge is -2.26. The molecule has 4 heteroatoms. The summed E-state index contributed by atoms with van der Waals surface area (Å²) < 4.78 is 5.40. The highest BCUT2D eigenvalue weighted by atomic mass is 16.6. The number of nitrogens with zero attached hydrogens (tertiary/aromatic N) is 2. The van der Waals surface area contributed by atoms with Gasteiger partial charge in [0.15, 0.2) is 0 Å². The van der Waals surface area contributed by atoms with Crippen molar-refractivity contribution in [2.45, 2.75) is 52.1 Å². The summed E-state index contributed by atoms with van der Waals surface area (Å²) in [6.45, 7) is 7.15. The summed E-state index contributed by atoms with van der Waals surface area (Å²) in [5.41, 5.74) is -0.221. The Labute approximate surface area is 109 Å². The number of hydrogen-bond acceptors (Lipinski definition) is 3. The van der Waals surface area contributed by atoms with E-state index in [4.69, 9.17) is 10.00 Å². The van der Waals surface area contributed by atoms with Crippen molar-refractivity contribution in [1.82, 2.24) is 4.90 Å². The molecule has 1 aliphatic heterocycles. The molecule has 0 radical (unpaired) electrons. The molecule has 1 saturated carbocycles. The number of nitriles is 1. The fraction of sp³-hybridized carbons (Fsp3) is 0.857. The van der Waals surface area contributed by atoms with Gasteiger partial charge in [-0.3, -0.25) is 0 Å². The predicted octanol–water partition coefficient (Wildman–Crippen LogP) is 2.94. The van der Waals surface area contributed by atoms with E-state index in [1.165, 1.54) is 0 Å². The number of rotatable bonds is 0. The van der Waals surface area contributed by atoms with Crippen molar-refractivity contribution >= 4 is 6.09 Å². The van der Waals surface area contributed by atoms with Gasteiger partial charge in [-0.1, -0.05) is 0 Å². The van der Waals surface area contributed by atoms with E-state index in [-0.39, 0.29) is 17.4 Å². The van der Waals surface area contributed by atoms with Gasteiger partial charge in [-0.25, -0.2) is 4.79 Å². The minimum atomic E-state index is -0.435. The van der Waals surface area contributed by atoms with Gasteiger partial charge in [0.05, 0.1) is 12.0 Å². The van der Waals surface area contributed by atoms with Gasteiger partial charge in [-0.05, 0) is 51.9 Å². The molecular formula is C14H22N2O2. The van der Waals surface area contributed by atoms with Crippen LogP contribution in [0.15, 0.2) is 0 Å². The second kappa shape index (κ2) is 4.46. The second-order valence-corrected chi connectivity index (χ2v) is 6.57. The second-order valence-electron chi connectivity index (χ2n) is 6.57. The van der Waals surface area contributed by atoms with Crippen LogP contribution in [0.2, 0.25) is 0 Å². The van der Waals surface area contributed by atoms with E-state index < -0.39 is 5.60 Å². The van der Waals surface area contributed by atoms with Crippen LogP contribution in [0.25, 0.3) is 0 Å². The molecule has 2 rings (SSSR count). The first kappa shape index (κ1) is 13.2. The number of likely N-dealkylation sites (tertiary alicyclic amines) is 1. The monoisotopic (exact) mass is 250 g/mol. The standard InChI is InChI=1S/C14H22N2O2/c1-13(2,3)18-12(17)16-7-4-5-14(6-8-16)9-11(14)10-15/h11H,4-9H2,1-3H3. The third kappa shape index (κ3) is 2.77. The molecular weight excluding hydrogens is 228 g/mol. The van der Waals surface area contributed by atoms with Gasteiger partial charge in [-0.15, -0.1) is 0 Å². The zero-order chi connectivity index (χ0) is 13.4. The summed E-state index contributed by atoms with van der Waals surface area (Å²) in [7, 11) is 0. The summed E-state index contributed by atoms with van der Waals surface area (Å²) in [4.78, 5) is 13.8. The van der Waals surface area contributed by atoms with Crippen molar-refractivity contribution in [3.05, 3.63) is 0 Å². The Morgan fingerprint density at radius 2 is 2.11 bits per heavy atom. The smallest absolute Gasteiger partial charge is 0.410 e. The van der Waals surface area contributed by atoms with Crippen LogP contribution in [-0.4, -0.2) is 29.7 Å². The van der Waals surface area contributed by atoms with Crippen LogP contribution < -0.4 is 0 Å². The van der Waals surface area contributed by atoms with E-state index in [0.29, 0.717) is 0 Å². The minimum absolute atomic E-state index is 0.214. The molecule has 1 heterocycles. The summed E-state index contributed by atoms with van der Waals surface area (Å²) in [5, 5.41) is 8.99. The third-order valence-corrected chi connectivity index (χ3v) is 3.98. The highest BCUT2D eigenvalue weighted by Gasteiger charge is 2.54. The number of ether oxygens (including phenoxy) is 1. The molecule has 2 unspecified atom stereocenters. The lowest BCUT2D eigenvalue weighted by atomic mass is 9.95. The maximum atomic E-state index is 12.0. The summed E-state index contributed by atoms with van der Waals surface area (Å²) in [6, 6.07) is 2.37. The van der Waals surface area contributed by atoms with Gasteiger partial charge in [0.25, 0.3) is 0 Å². The van der Waals surface area contributed by atoms with E-state index in [9.17, 15) is 4.79 Å². The van der Waals surface area contributed by atoms with Gasteiger partial charge in [0, 0.05) is 13.1 Å².